The van der Waals surface area contributed by atoms with E-state index in [4.69, 9.17) is 0 Å². The first-order chi connectivity index (χ1) is 9.33. The molecule has 0 atom stereocenters. The molecular formula is C18H28BrN. The Morgan fingerprint density at radius 2 is 1.50 bits per heavy atom. The van der Waals surface area contributed by atoms with Gasteiger partial charge in [0, 0.05) is 31.4 Å². The fourth-order valence-electron chi connectivity index (χ4n) is 2.11. The molecule has 1 aromatic rings. The number of aromatic nitrogens is 1. The molecule has 0 radical (unpaired) electrons. The Morgan fingerprint density at radius 3 is 2.15 bits per heavy atom. The van der Waals surface area contributed by atoms with Gasteiger partial charge in [-0.3, -0.25) is 0 Å². The minimum Gasteiger partial charge on any atom is -1.00 e. The molecule has 0 fully saturated rings. The lowest BCUT2D eigenvalue weighted by molar-refractivity contribution is -0.697. The molecule has 0 aliphatic heterocycles. The van der Waals surface area contributed by atoms with Crippen LogP contribution in [0.25, 0.3) is 0 Å². The fraction of sp³-hybridized carbons (Fsp3) is 0.611. The van der Waals surface area contributed by atoms with Crippen molar-refractivity contribution in [2.75, 3.05) is 0 Å². The molecule has 0 saturated heterocycles. The lowest BCUT2D eigenvalue weighted by Gasteiger charge is -1.99. The molecule has 0 saturated carbocycles. The molecule has 0 aliphatic carbocycles. The van der Waals surface area contributed by atoms with E-state index >= 15 is 0 Å². The zero-order valence-electron chi connectivity index (χ0n) is 13.0. The van der Waals surface area contributed by atoms with Gasteiger partial charge in [0.2, 0.25) is 0 Å². The molecule has 1 heterocycles. The van der Waals surface area contributed by atoms with Crippen LogP contribution in [-0.2, 0) is 6.54 Å². The third-order valence-corrected chi connectivity index (χ3v) is 3.33. The number of aryl methyl sites for hydroxylation is 2. The Labute approximate surface area is 135 Å². The number of pyridine rings is 1. The molecule has 0 amide bonds. The highest BCUT2D eigenvalue weighted by Crippen LogP contribution is 2.06. The summed E-state index contributed by atoms with van der Waals surface area (Å²) < 4.78 is 2.29. The molecular weight excluding hydrogens is 310 g/mol. The largest absolute Gasteiger partial charge is 1.00 e. The van der Waals surface area contributed by atoms with Crippen LogP contribution in [0.1, 0.15) is 63.9 Å². The Balaban J connectivity index is 0.00000361. The number of halogens is 1. The second-order valence-electron chi connectivity index (χ2n) is 5.19. The van der Waals surface area contributed by atoms with Crippen molar-refractivity contribution in [3.8, 4) is 11.8 Å². The van der Waals surface area contributed by atoms with Gasteiger partial charge in [0.05, 0.1) is 0 Å². The summed E-state index contributed by atoms with van der Waals surface area (Å²) in [4.78, 5) is 0. The van der Waals surface area contributed by atoms with Crippen molar-refractivity contribution >= 4 is 0 Å². The highest BCUT2D eigenvalue weighted by Gasteiger charge is 1.98. The normalized spacial score (nSPS) is 9.50. The van der Waals surface area contributed by atoms with Crippen molar-refractivity contribution in [3.63, 3.8) is 0 Å². The predicted octanol–water partition coefficient (Wildman–Crippen LogP) is 1.43. The van der Waals surface area contributed by atoms with Crippen molar-refractivity contribution in [1.29, 1.82) is 0 Å². The Bertz CT molecular complexity index is 386. The summed E-state index contributed by atoms with van der Waals surface area (Å²) in [6.07, 6.45) is 14.5. The Morgan fingerprint density at radius 1 is 0.900 bits per heavy atom. The summed E-state index contributed by atoms with van der Waals surface area (Å²) in [7, 11) is 0. The zero-order valence-corrected chi connectivity index (χ0v) is 14.6. The minimum absolute atomic E-state index is 0. The summed E-state index contributed by atoms with van der Waals surface area (Å²) in [5.41, 5.74) is 1.34. The van der Waals surface area contributed by atoms with Crippen LogP contribution in [0.15, 0.2) is 24.5 Å². The van der Waals surface area contributed by atoms with Gasteiger partial charge < -0.3 is 17.0 Å². The zero-order chi connectivity index (χ0) is 13.8. The van der Waals surface area contributed by atoms with E-state index in [2.05, 4.69) is 54.8 Å². The van der Waals surface area contributed by atoms with Crippen molar-refractivity contribution in [1.82, 2.24) is 0 Å². The van der Waals surface area contributed by atoms with Crippen LogP contribution in [-0.4, -0.2) is 0 Å². The van der Waals surface area contributed by atoms with E-state index in [1.807, 2.05) is 0 Å². The SMILES string of the molecule is CCC#CCCCCCCCC[n+]1ccc(C)cc1.[Br-]. The van der Waals surface area contributed by atoms with Gasteiger partial charge >= 0.3 is 0 Å². The van der Waals surface area contributed by atoms with Gasteiger partial charge in [-0.2, -0.15) is 0 Å². The maximum atomic E-state index is 3.21. The lowest BCUT2D eigenvalue weighted by atomic mass is 10.1. The maximum absolute atomic E-state index is 3.21. The highest BCUT2D eigenvalue weighted by molar-refractivity contribution is 5.03. The number of unbranched alkanes of at least 4 members (excludes halogenated alkanes) is 6. The van der Waals surface area contributed by atoms with Crippen LogP contribution < -0.4 is 21.5 Å². The topological polar surface area (TPSA) is 3.88 Å². The van der Waals surface area contributed by atoms with Crippen LogP contribution in [0.5, 0.6) is 0 Å². The van der Waals surface area contributed by atoms with Gasteiger partial charge in [0.25, 0.3) is 0 Å². The van der Waals surface area contributed by atoms with Crippen LogP contribution >= 0.6 is 0 Å². The number of nitrogens with zero attached hydrogens (tertiary/aromatic N) is 1. The maximum Gasteiger partial charge on any atom is 0.169 e. The molecule has 0 aliphatic rings. The van der Waals surface area contributed by atoms with E-state index in [1.165, 1.54) is 44.1 Å². The minimum atomic E-state index is 0. The van der Waals surface area contributed by atoms with E-state index in [0.29, 0.717) is 0 Å². The Kier molecular flexibility index (Phi) is 12.7. The summed E-state index contributed by atoms with van der Waals surface area (Å²) in [6.45, 7) is 5.40. The van der Waals surface area contributed by atoms with Gasteiger partial charge in [0.1, 0.15) is 6.54 Å². The molecule has 1 rings (SSSR count). The van der Waals surface area contributed by atoms with E-state index in [9.17, 15) is 0 Å². The molecule has 0 spiro atoms. The Hall–Kier alpha value is -0.810. The number of hydrogen-bond donors (Lipinski definition) is 0. The van der Waals surface area contributed by atoms with Gasteiger partial charge in [-0.25, -0.2) is 4.57 Å². The highest BCUT2D eigenvalue weighted by atomic mass is 79.9. The van der Waals surface area contributed by atoms with Gasteiger partial charge in [-0.1, -0.05) is 26.2 Å². The molecule has 0 aromatic carbocycles. The first-order valence-corrected chi connectivity index (χ1v) is 7.74. The van der Waals surface area contributed by atoms with E-state index < -0.39 is 0 Å². The monoisotopic (exact) mass is 337 g/mol. The average molecular weight is 338 g/mol. The van der Waals surface area contributed by atoms with Crippen molar-refractivity contribution in [2.24, 2.45) is 0 Å². The van der Waals surface area contributed by atoms with Gasteiger partial charge in [-0.15, -0.1) is 11.8 Å². The fourth-order valence-corrected chi connectivity index (χ4v) is 2.11. The second kappa shape index (κ2) is 13.2. The first kappa shape index (κ1) is 19.2. The van der Waals surface area contributed by atoms with Gasteiger partial charge in [0.15, 0.2) is 12.4 Å². The predicted molar refractivity (Wildman–Crippen MR) is 81.8 cm³/mol. The molecule has 112 valence electrons. The first-order valence-electron chi connectivity index (χ1n) is 7.74. The van der Waals surface area contributed by atoms with Crippen molar-refractivity contribution in [3.05, 3.63) is 30.1 Å². The summed E-state index contributed by atoms with van der Waals surface area (Å²) in [5.74, 6) is 6.34. The second-order valence-corrected chi connectivity index (χ2v) is 5.19. The van der Waals surface area contributed by atoms with Crippen LogP contribution in [0.2, 0.25) is 0 Å². The van der Waals surface area contributed by atoms with Crippen molar-refractivity contribution < 1.29 is 21.5 Å². The molecule has 0 N–H and O–H groups in total. The number of hydrogen-bond acceptors (Lipinski definition) is 0. The molecule has 1 nitrogen and oxygen atoms in total. The average Bonchev–Trinajstić information content (AvgIpc) is 2.43. The summed E-state index contributed by atoms with van der Waals surface area (Å²) in [6, 6.07) is 4.36. The third-order valence-electron chi connectivity index (χ3n) is 3.33. The van der Waals surface area contributed by atoms with Crippen LogP contribution in [0, 0.1) is 18.8 Å². The smallest absolute Gasteiger partial charge is 0.169 e. The quantitative estimate of drug-likeness (QED) is 0.384. The molecule has 0 unspecified atom stereocenters. The van der Waals surface area contributed by atoms with E-state index in [1.54, 1.807) is 0 Å². The molecule has 20 heavy (non-hydrogen) atoms. The molecule has 0 bridgehead atoms. The molecule has 2 heteroatoms. The summed E-state index contributed by atoms with van der Waals surface area (Å²) in [5, 5.41) is 0. The van der Waals surface area contributed by atoms with Crippen LogP contribution in [0.4, 0.5) is 0 Å². The third kappa shape index (κ3) is 10.0. The van der Waals surface area contributed by atoms with E-state index in [0.717, 1.165) is 19.4 Å². The van der Waals surface area contributed by atoms with Gasteiger partial charge in [-0.05, 0) is 25.3 Å². The molecule has 1 aromatic heterocycles. The van der Waals surface area contributed by atoms with Crippen molar-refractivity contribution in [2.45, 2.75) is 71.8 Å². The number of rotatable bonds is 8. The summed E-state index contributed by atoms with van der Waals surface area (Å²) >= 11 is 0. The standard InChI is InChI=1S/C18H28N.BrH/c1-3-4-5-6-7-8-9-10-11-12-15-19-16-13-18(2)14-17-19;/h13-14,16-17H,3,6-12,15H2,1-2H3;1H/q+1;/p-1. The van der Waals surface area contributed by atoms with Crippen LogP contribution in [0.3, 0.4) is 0 Å². The van der Waals surface area contributed by atoms with E-state index in [-0.39, 0.29) is 17.0 Å². The lowest BCUT2D eigenvalue weighted by Crippen LogP contribution is -3.00.